The van der Waals surface area contributed by atoms with Crippen LogP contribution in [0.3, 0.4) is 0 Å². The molecule has 1 rings (SSSR count). The Bertz CT molecular complexity index is 161. The molecule has 0 aromatic heterocycles. The van der Waals surface area contributed by atoms with Crippen molar-refractivity contribution in [3.8, 4) is 0 Å². The van der Waals surface area contributed by atoms with Gasteiger partial charge in [-0.05, 0) is 0 Å². The van der Waals surface area contributed by atoms with Crippen molar-refractivity contribution >= 4 is 11.8 Å². The minimum absolute atomic E-state index is 0.158. The molecule has 0 atom stereocenters. The van der Waals surface area contributed by atoms with Gasteiger partial charge >= 0.3 is 0 Å². The molecule has 2 amide bonds. The summed E-state index contributed by atoms with van der Waals surface area (Å²) >= 11 is 0. The minimum Gasteiger partial charge on any atom is -0.380 e. The number of carbonyl (C=O) groups excluding carboxylic acids is 2. The molecule has 0 bridgehead atoms. The summed E-state index contributed by atoms with van der Waals surface area (Å²) in [5.41, 5.74) is 0. The molecular formula is C7H11NO3. The molecule has 1 heterocycles. The van der Waals surface area contributed by atoms with Gasteiger partial charge in [0.2, 0.25) is 11.8 Å². The van der Waals surface area contributed by atoms with Crippen LogP contribution in [0.1, 0.15) is 12.8 Å². The summed E-state index contributed by atoms with van der Waals surface area (Å²) < 4.78 is 5.00. The van der Waals surface area contributed by atoms with Crippen LogP contribution in [0.25, 0.3) is 0 Å². The second kappa shape index (κ2) is 3.48. The molecule has 1 fully saturated rings. The van der Waals surface area contributed by atoms with Gasteiger partial charge in [0.1, 0.15) is 0 Å². The molecule has 4 heteroatoms. The van der Waals surface area contributed by atoms with Crippen molar-refractivity contribution in [3.63, 3.8) is 0 Å². The summed E-state index contributed by atoms with van der Waals surface area (Å²) in [4.78, 5) is 23.2. The van der Waals surface area contributed by atoms with E-state index in [1.807, 2.05) is 0 Å². The molecule has 1 saturated heterocycles. The average molecular weight is 157 g/mol. The number of hydrogen-bond donors (Lipinski definition) is 0. The normalized spacial score (nSPS) is 21.4. The van der Waals surface area contributed by atoms with Gasteiger partial charge in [0.05, 0.1) is 26.1 Å². The van der Waals surface area contributed by atoms with Crippen LogP contribution in [-0.2, 0) is 14.3 Å². The molecule has 0 spiro atoms. The summed E-state index contributed by atoms with van der Waals surface area (Å²) in [6.07, 6.45) is 0.616. The molecule has 0 N–H and O–H groups in total. The van der Waals surface area contributed by atoms with Crippen LogP contribution >= 0.6 is 0 Å². The van der Waals surface area contributed by atoms with Gasteiger partial charge < -0.3 is 4.74 Å². The first-order valence-corrected chi connectivity index (χ1v) is 3.59. The zero-order chi connectivity index (χ0) is 8.27. The van der Waals surface area contributed by atoms with Crippen molar-refractivity contribution < 1.29 is 14.3 Å². The fourth-order valence-electron chi connectivity index (χ4n) is 0.896. The maximum absolute atomic E-state index is 11.0. The molecule has 0 aromatic rings. The molecule has 62 valence electrons. The fourth-order valence-corrected chi connectivity index (χ4v) is 0.896. The smallest absolute Gasteiger partial charge is 0.231 e. The van der Waals surface area contributed by atoms with Crippen molar-refractivity contribution in [2.75, 3.05) is 20.3 Å². The highest BCUT2D eigenvalue weighted by Crippen LogP contribution is 2.00. The van der Waals surface area contributed by atoms with Gasteiger partial charge in [0.15, 0.2) is 0 Å². The maximum Gasteiger partial charge on any atom is 0.231 e. The van der Waals surface area contributed by atoms with Crippen LogP contribution in [0.4, 0.5) is 0 Å². The standard InChI is InChI=1S/C7H11NO3/c1-8-6(9)2-4-11-5-3-7(8)10/h2-5H2,1H3. The number of carbonyl (C=O) groups is 2. The predicted octanol–water partition coefficient (Wildman–Crippen LogP) is -0.218. The Morgan fingerprint density at radius 1 is 1.18 bits per heavy atom. The third-order valence-corrected chi connectivity index (χ3v) is 1.67. The number of ether oxygens (including phenoxy) is 1. The van der Waals surface area contributed by atoms with Crippen LogP contribution in [0.5, 0.6) is 0 Å². The van der Waals surface area contributed by atoms with E-state index in [1.54, 1.807) is 0 Å². The summed E-state index contributed by atoms with van der Waals surface area (Å²) in [7, 11) is 1.51. The highest BCUT2D eigenvalue weighted by Gasteiger charge is 2.18. The molecule has 11 heavy (non-hydrogen) atoms. The summed E-state index contributed by atoms with van der Waals surface area (Å²) in [5, 5.41) is 0. The van der Waals surface area contributed by atoms with Gasteiger partial charge in [-0.3, -0.25) is 14.5 Å². The van der Waals surface area contributed by atoms with E-state index in [0.29, 0.717) is 26.1 Å². The molecular weight excluding hydrogens is 146 g/mol. The van der Waals surface area contributed by atoms with Crippen molar-refractivity contribution in [3.05, 3.63) is 0 Å². The molecule has 0 radical (unpaired) electrons. The Kier molecular flexibility index (Phi) is 2.59. The number of rotatable bonds is 0. The molecule has 4 nitrogen and oxygen atoms in total. The highest BCUT2D eigenvalue weighted by atomic mass is 16.5. The Balaban J connectivity index is 2.56. The fraction of sp³-hybridized carbons (Fsp3) is 0.714. The lowest BCUT2D eigenvalue weighted by Crippen LogP contribution is -2.36. The van der Waals surface area contributed by atoms with E-state index in [2.05, 4.69) is 0 Å². The summed E-state index contributed by atoms with van der Waals surface area (Å²) in [6.45, 7) is 0.854. The van der Waals surface area contributed by atoms with Crippen LogP contribution in [-0.4, -0.2) is 37.0 Å². The second-order valence-electron chi connectivity index (χ2n) is 2.46. The minimum atomic E-state index is -0.158. The molecule has 1 aliphatic heterocycles. The van der Waals surface area contributed by atoms with Gasteiger partial charge in [0.25, 0.3) is 0 Å². The molecule has 0 aliphatic carbocycles. The summed E-state index contributed by atoms with van der Waals surface area (Å²) in [5.74, 6) is -0.315. The van der Waals surface area contributed by atoms with Crippen LogP contribution in [0, 0.1) is 0 Å². The van der Waals surface area contributed by atoms with Gasteiger partial charge in [-0.25, -0.2) is 0 Å². The van der Waals surface area contributed by atoms with E-state index >= 15 is 0 Å². The van der Waals surface area contributed by atoms with Crippen molar-refractivity contribution in [2.45, 2.75) is 12.8 Å². The van der Waals surface area contributed by atoms with Crippen molar-refractivity contribution in [1.29, 1.82) is 0 Å². The third kappa shape index (κ3) is 2.01. The van der Waals surface area contributed by atoms with E-state index in [-0.39, 0.29) is 11.8 Å². The first-order chi connectivity index (χ1) is 5.22. The largest absolute Gasteiger partial charge is 0.380 e. The highest BCUT2D eigenvalue weighted by molar-refractivity contribution is 5.95. The average Bonchev–Trinajstić information content (AvgIpc) is 2.00. The lowest BCUT2D eigenvalue weighted by Gasteiger charge is -2.18. The molecule has 0 unspecified atom stereocenters. The lowest BCUT2D eigenvalue weighted by atomic mass is 10.3. The van der Waals surface area contributed by atoms with Gasteiger partial charge in [-0.2, -0.15) is 0 Å². The van der Waals surface area contributed by atoms with Crippen molar-refractivity contribution in [2.24, 2.45) is 0 Å². The predicted molar refractivity (Wildman–Crippen MR) is 37.8 cm³/mol. The molecule has 0 saturated carbocycles. The Morgan fingerprint density at radius 3 is 2.09 bits per heavy atom. The van der Waals surface area contributed by atoms with Crippen LogP contribution in [0.15, 0.2) is 0 Å². The zero-order valence-electron chi connectivity index (χ0n) is 6.50. The number of imide groups is 1. The SMILES string of the molecule is CN1C(=O)CCOCCC1=O. The van der Waals surface area contributed by atoms with Crippen molar-refractivity contribution in [1.82, 2.24) is 4.90 Å². The van der Waals surface area contributed by atoms with E-state index in [4.69, 9.17) is 4.74 Å². The lowest BCUT2D eigenvalue weighted by molar-refractivity contribution is -0.146. The quantitative estimate of drug-likeness (QED) is 0.457. The summed E-state index contributed by atoms with van der Waals surface area (Å²) in [6, 6.07) is 0. The topological polar surface area (TPSA) is 46.6 Å². The zero-order valence-corrected chi connectivity index (χ0v) is 6.50. The Hall–Kier alpha value is -0.900. The number of amides is 2. The first kappa shape index (κ1) is 8.20. The first-order valence-electron chi connectivity index (χ1n) is 3.59. The van der Waals surface area contributed by atoms with E-state index in [0.717, 1.165) is 0 Å². The number of nitrogens with zero attached hydrogens (tertiary/aromatic N) is 1. The van der Waals surface area contributed by atoms with Gasteiger partial charge in [-0.1, -0.05) is 0 Å². The number of hydrogen-bond acceptors (Lipinski definition) is 3. The van der Waals surface area contributed by atoms with E-state index < -0.39 is 0 Å². The monoisotopic (exact) mass is 157 g/mol. The van der Waals surface area contributed by atoms with E-state index in [1.165, 1.54) is 11.9 Å². The third-order valence-electron chi connectivity index (χ3n) is 1.67. The Morgan fingerprint density at radius 2 is 1.64 bits per heavy atom. The van der Waals surface area contributed by atoms with Gasteiger partial charge in [0, 0.05) is 7.05 Å². The Labute approximate surface area is 65.1 Å². The van der Waals surface area contributed by atoms with Crippen LogP contribution in [0.2, 0.25) is 0 Å². The van der Waals surface area contributed by atoms with E-state index in [9.17, 15) is 9.59 Å². The second-order valence-corrected chi connectivity index (χ2v) is 2.46. The molecule has 0 aromatic carbocycles. The molecule has 1 aliphatic rings. The van der Waals surface area contributed by atoms with Gasteiger partial charge in [-0.15, -0.1) is 0 Å². The maximum atomic E-state index is 11.0. The van der Waals surface area contributed by atoms with Crippen LogP contribution < -0.4 is 0 Å².